The molecule has 0 aliphatic rings. The lowest BCUT2D eigenvalue weighted by molar-refractivity contribution is -0.188. The van der Waals surface area contributed by atoms with Crippen molar-refractivity contribution in [3.05, 3.63) is 57.6 Å². The second kappa shape index (κ2) is 13.3. The molecule has 2 rings (SSSR count). The van der Waals surface area contributed by atoms with E-state index in [-0.39, 0.29) is 34.5 Å². The first-order valence-corrected chi connectivity index (χ1v) is 15.6. The molecule has 0 fully saturated rings. The SMILES string of the molecule is CCC(OC(=O)CCc1cc(C(C)(C)C)c(O)c(C(C)(C)C)c1)OC(=O)CCc1cc(C(C)(C)C)c(O)c(C(C)(C)C)c1. The van der Waals surface area contributed by atoms with Crippen LogP contribution in [0.3, 0.4) is 0 Å². The van der Waals surface area contributed by atoms with Crippen molar-refractivity contribution in [3.8, 4) is 11.5 Å². The van der Waals surface area contributed by atoms with Gasteiger partial charge in [-0.1, -0.05) is 114 Å². The van der Waals surface area contributed by atoms with E-state index in [1.165, 1.54) is 0 Å². The monoisotopic (exact) mass is 596 g/mol. The summed E-state index contributed by atoms with van der Waals surface area (Å²) in [6.07, 6.45) is 0.548. The molecule has 6 nitrogen and oxygen atoms in total. The summed E-state index contributed by atoms with van der Waals surface area (Å²) in [6.45, 7) is 26.5. The first-order chi connectivity index (χ1) is 19.4. The fraction of sp³-hybridized carbons (Fsp3) is 0.622. The lowest BCUT2D eigenvalue weighted by Crippen LogP contribution is -2.24. The van der Waals surface area contributed by atoms with Gasteiger partial charge < -0.3 is 19.7 Å². The van der Waals surface area contributed by atoms with Crippen molar-refractivity contribution in [2.75, 3.05) is 0 Å². The summed E-state index contributed by atoms with van der Waals surface area (Å²) in [5.41, 5.74) is 4.26. The number of aromatic hydroxyl groups is 2. The lowest BCUT2D eigenvalue weighted by Gasteiger charge is -2.28. The Morgan fingerprint density at radius 2 is 0.837 bits per heavy atom. The number of carbonyl (C=O) groups is 2. The Bertz CT molecular complexity index is 1120. The molecule has 2 aromatic carbocycles. The third-order valence-corrected chi connectivity index (χ3v) is 7.67. The molecule has 0 heterocycles. The van der Waals surface area contributed by atoms with Gasteiger partial charge in [-0.15, -0.1) is 0 Å². The normalized spacial score (nSPS) is 12.9. The molecule has 0 aliphatic heterocycles. The molecule has 0 saturated heterocycles. The van der Waals surface area contributed by atoms with E-state index in [4.69, 9.17) is 9.47 Å². The Kier molecular flexibility index (Phi) is 11.2. The first-order valence-electron chi connectivity index (χ1n) is 15.6. The summed E-state index contributed by atoms with van der Waals surface area (Å²) in [4.78, 5) is 25.6. The number of benzene rings is 2. The number of rotatable bonds is 9. The number of phenols is 2. The van der Waals surface area contributed by atoms with Gasteiger partial charge in [0.15, 0.2) is 0 Å². The highest BCUT2D eigenvalue weighted by molar-refractivity contribution is 5.72. The van der Waals surface area contributed by atoms with Gasteiger partial charge in [0.1, 0.15) is 11.5 Å². The molecule has 2 aromatic rings. The van der Waals surface area contributed by atoms with Gasteiger partial charge in [0.05, 0.1) is 0 Å². The van der Waals surface area contributed by atoms with Crippen molar-refractivity contribution >= 4 is 11.9 Å². The standard InChI is InChI=1S/C37H56O6/c1-14-31(42-29(38)17-15-23-19-25(34(2,3)4)32(40)26(20-23)35(5,6)7)43-30(39)18-16-24-21-27(36(8,9)10)33(41)28(22-24)37(11,12)13/h19-22,31,40-41H,14-18H2,1-13H3. The second-order valence-corrected chi connectivity index (χ2v) is 15.9. The average Bonchev–Trinajstić information content (AvgIpc) is 2.84. The van der Waals surface area contributed by atoms with E-state index in [1.54, 1.807) is 0 Å². The van der Waals surface area contributed by atoms with E-state index >= 15 is 0 Å². The molecule has 240 valence electrons. The number of hydrogen-bond acceptors (Lipinski definition) is 6. The maximum Gasteiger partial charge on any atom is 0.309 e. The van der Waals surface area contributed by atoms with Gasteiger partial charge in [0.25, 0.3) is 0 Å². The van der Waals surface area contributed by atoms with E-state index in [1.807, 2.05) is 31.2 Å². The van der Waals surface area contributed by atoms with Crippen LogP contribution >= 0.6 is 0 Å². The molecule has 43 heavy (non-hydrogen) atoms. The van der Waals surface area contributed by atoms with Gasteiger partial charge in [0.2, 0.25) is 6.29 Å². The molecule has 0 aromatic heterocycles. The van der Waals surface area contributed by atoms with Crippen molar-refractivity contribution in [3.63, 3.8) is 0 Å². The Labute approximate surface area is 260 Å². The van der Waals surface area contributed by atoms with Crippen molar-refractivity contribution in [2.24, 2.45) is 0 Å². The minimum atomic E-state index is -0.954. The maximum absolute atomic E-state index is 12.8. The largest absolute Gasteiger partial charge is 0.507 e. The number of carbonyl (C=O) groups excluding carboxylic acids is 2. The third-order valence-electron chi connectivity index (χ3n) is 7.67. The van der Waals surface area contributed by atoms with Crippen molar-refractivity contribution < 1.29 is 29.3 Å². The number of hydrogen-bond donors (Lipinski definition) is 2. The summed E-state index contributed by atoms with van der Waals surface area (Å²) >= 11 is 0. The maximum atomic E-state index is 12.8. The summed E-state index contributed by atoms with van der Waals surface area (Å²) in [6, 6.07) is 7.87. The zero-order valence-corrected chi connectivity index (χ0v) is 28.9. The van der Waals surface area contributed by atoms with Crippen molar-refractivity contribution in [1.29, 1.82) is 0 Å². The van der Waals surface area contributed by atoms with E-state index < -0.39 is 18.2 Å². The van der Waals surface area contributed by atoms with Crippen LogP contribution < -0.4 is 0 Å². The molecule has 0 radical (unpaired) electrons. The molecule has 0 unspecified atom stereocenters. The van der Waals surface area contributed by atoms with Gasteiger partial charge in [-0.3, -0.25) is 9.59 Å². The molecular formula is C37H56O6. The van der Waals surface area contributed by atoms with Crippen LogP contribution in [0.1, 0.15) is 143 Å². The number of aryl methyl sites for hydroxylation is 2. The molecule has 0 bridgehead atoms. The molecule has 2 N–H and O–H groups in total. The molecule has 0 aliphatic carbocycles. The van der Waals surface area contributed by atoms with Crippen LogP contribution in [0.4, 0.5) is 0 Å². The zero-order chi connectivity index (χ0) is 33.1. The molecule has 0 amide bonds. The summed E-state index contributed by atoms with van der Waals surface area (Å²) in [5, 5.41) is 21.9. The Balaban J connectivity index is 2.08. The van der Waals surface area contributed by atoms with E-state index in [2.05, 4.69) is 83.1 Å². The minimum absolute atomic E-state index is 0.130. The molecule has 0 atom stereocenters. The van der Waals surface area contributed by atoms with Gasteiger partial charge >= 0.3 is 11.9 Å². The Hall–Kier alpha value is -3.02. The van der Waals surface area contributed by atoms with Gasteiger partial charge in [-0.2, -0.15) is 0 Å². The van der Waals surface area contributed by atoms with Crippen LogP contribution in [-0.2, 0) is 53.6 Å². The predicted molar refractivity (Wildman–Crippen MR) is 174 cm³/mol. The van der Waals surface area contributed by atoms with E-state index in [9.17, 15) is 19.8 Å². The van der Waals surface area contributed by atoms with Gasteiger partial charge in [0, 0.05) is 19.3 Å². The molecular weight excluding hydrogens is 540 g/mol. The van der Waals surface area contributed by atoms with E-state index in [0.29, 0.717) is 30.8 Å². The summed E-state index contributed by atoms with van der Waals surface area (Å²) < 4.78 is 11.1. The van der Waals surface area contributed by atoms with Crippen LogP contribution in [0.15, 0.2) is 24.3 Å². The molecule has 0 saturated carbocycles. The van der Waals surface area contributed by atoms with Crippen molar-refractivity contribution in [2.45, 2.75) is 150 Å². The highest BCUT2D eigenvalue weighted by Crippen LogP contribution is 2.41. The van der Waals surface area contributed by atoms with Crippen LogP contribution in [0, 0.1) is 0 Å². The second-order valence-electron chi connectivity index (χ2n) is 15.9. The third kappa shape index (κ3) is 10.0. The zero-order valence-electron chi connectivity index (χ0n) is 28.9. The average molecular weight is 597 g/mol. The number of phenolic OH excluding ortho intramolecular Hbond substituents is 2. The van der Waals surface area contributed by atoms with Gasteiger partial charge in [-0.05, 0) is 67.9 Å². The van der Waals surface area contributed by atoms with Crippen LogP contribution in [0.2, 0.25) is 0 Å². The Morgan fingerprint density at radius 3 is 1.05 bits per heavy atom. The number of ether oxygens (including phenoxy) is 2. The lowest BCUT2D eigenvalue weighted by atomic mass is 9.78. The van der Waals surface area contributed by atoms with Gasteiger partial charge in [-0.25, -0.2) is 0 Å². The van der Waals surface area contributed by atoms with Crippen LogP contribution in [0.25, 0.3) is 0 Å². The Morgan fingerprint density at radius 1 is 0.581 bits per heavy atom. The fourth-order valence-corrected chi connectivity index (χ4v) is 5.06. The predicted octanol–water partition coefficient (Wildman–Crippen LogP) is 8.68. The van der Waals surface area contributed by atoms with E-state index in [0.717, 1.165) is 33.4 Å². The number of esters is 2. The highest BCUT2D eigenvalue weighted by atomic mass is 16.7. The van der Waals surface area contributed by atoms with Crippen molar-refractivity contribution in [1.82, 2.24) is 0 Å². The summed E-state index contributed by atoms with van der Waals surface area (Å²) in [7, 11) is 0. The minimum Gasteiger partial charge on any atom is -0.507 e. The van der Waals surface area contributed by atoms with Crippen LogP contribution in [0.5, 0.6) is 11.5 Å². The summed E-state index contributed by atoms with van der Waals surface area (Å²) in [5.74, 6) is -0.266. The highest BCUT2D eigenvalue weighted by Gasteiger charge is 2.28. The first kappa shape index (κ1) is 36.2. The topological polar surface area (TPSA) is 93.1 Å². The quantitative estimate of drug-likeness (QED) is 0.222. The fourth-order valence-electron chi connectivity index (χ4n) is 5.06. The smallest absolute Gasteiger partial charge is 0.309 e. The molecule has 0 spiro atoms. The van der Waals surface area contributed by atoms with Crippen LogP contribution in [-0.4, -0.2) is 28.4 Å². The molecule has 6 heteroatoms.